The summed E-state index contributed by atoms with van der Waals surface area (Å²) in [7, 11) is 0. The Morgan fingerprint density at radius 1 is 1.00 bits per heavy atom. The molecule has 2 aliphatic heterocycles. The summed E-state index contributed by atoms with van der Waals surface area (Å²) in [6.45, 7) is 16.4. The van der Waals surface area contributed by atoms with Crippen LogP contribution in [-0.2, 0) is 0 Å². The molecule has 0 spiro atoms. The highest BCUT2D eigenvalue weighted by molar-refractivity contribution is 5.03. The fourth-order valence-corrected chi connectivity index (χ4v) is 3.30. The van der Waals surface area contributed by atoms with Gasteiger partial charge < -0.3 is 9.80 Å². The average molecular weight is 250 g/mol. The highest BCUT2D eigenvalue weighted by atomic mass is 15.2. The van der Waals surface area contributed by atoms with E-state index in [-0.39, 0.29) is 0 Å². The van der Waals surface area contributed by atoms with E-state index >= 15 is 0 Å². The maximum Gasteiger partial charge on any atom is 0.0177 e. The Morgan fingerprint density at radius 2 is 1.56 bits per heavy atom. The third-order valence-electron chi connectivity index (χ3n) is 4.92. The number of piperidine rings is 2. The van der Waals surface area contributed by atoms with Crippen molar-refractivity contribution in [3.8, 4) is 0 Å². The molecule has 2 saturated heterocycles. The van der Waals surface area contributed by atoms with Gasteiger partial charge in [-0.15, -0.1) is 0 Å². The minimum Gasteiger partial charge on any atom is -0.375 e. The van der Waals surface area contributed by atoms with Gasteiger partial charge in [-0.3, -0.25) is 0 Å². The van der Waals surface area contributed by atoms with Crippen LogP contribution in [-0.4, -0.2) is 42.0 Å². The monoisotopic (exact) mass is 250 g/mol. The molecule has 0 aromatic rings. The molecule has 0 saturated carbocycles. The highest BCUT2D eigenvalue weighted by Crippen LogP contribution is 2.29. The third-order valence-corrected chi connectivity index (χ3v) is 4.92. The molecule has 0 aromatic carbocycles. The molecule has 2 fully saturated rings. The first-order valence-corrected chi connectivity index (χ1v) is 7.75. The summed E-state index contributed by atoms with van der Waals surface area (Å²) in [5.74, 6) is 1.66. The Morgan fingerprint density at radius 3 is 2.06 bits per heavy atom. The summed E-state index contributed by atoms with van der Waals surface area (Å²) in [6.07, 6.45) is 5.32. The molecule has 0 aromatic heterocycles. The SMILES string of the molecule is C=C(C1CCN(C(C)C)CC1)N1CCC(C)CC1. The molecule has 2 nitrogen and oxygen atoms in total. The van der Waals surface area contributed by atoms with Crippen molar-refractivity contribution in [2.45, 2.75) is 52.5 Å². The Balaban J connectivity index is 1.80. The van der Waals surface area contributed by atoms with Crippen molar-refractivity contribution in [2.75, 3.05) is 26.2 Å². The number of nitrogens with zero attached hydrogens (tertiary/aromatic N) is 2. The van der Waals surface area contributed by atoms with Crippen LogP contribution in [0.2, 0.25) is 0 Å². The minimum atomic E-state index is 0.704. The lowest BCUT2D eigenvalue weighted by Gasteiger charge is -2.40. The predicted molar refractivity (Wildman–Crippen MR) is 78.5 cm³/mol. The number of hydrogen-bond donors (Lipinski definition) is 0. The maximum atomic E-state index is 4.40. The molecule has 0 N–H and O–H groups in total. The predicted octanol–water partition coefficient (Wildman–Crippen LogP) is 3.35. The van der Waals surface area contributed by atoms with E-state index < -0.39 is 0 Å². The Bertz CT molecular complexity index is 269. The largest absolute Gasteiger partial charge is 0.375 e. The van der Waals surface area contributed by atoms with Gasteiger partial charge in [-0.05, 0) is 58.5 Å². The fraction of sp³-hybridized carbons (Fsp3) is 0.875. The second kappa shape index (κ2) is 6.10. The van der Waals surface area contributed by atoms with Crippen LogP contribution in [0.1, 0.15) is 46.5 Å². The highest BCUT2D eigenvalue weighted by Gasteiger charge is 2.26. The van der Waals surface area contributed by atoms with E-state index in [2.05, 4.69) is 37.1 Å². The quantitative estimate of drug-likeness (QED) is 0.758. The lowest BCUT2D eigenvalue weighted by atomic mass is 9.90. The first kappa shape index (κ1) is 13.9. The molecule has 0 amide bonds. The van der Waals surface area contributed by atoms with E-state index in [1.807, 2.05) is 0 Å². The number of rotatable bonds is 3. The van der Waals surface area contributed by atoms with Gasteiger partial charge in [-0.25, -0.2) is 0 Å². The summed E-state index contributed by atoms with van der Waals surface area (Å²) in [6, 6.07) is 0.704. The van der Waals surface area contributed by atoms with Crippen LogP contribution < -0.4 is 0 Å². The molecule has 0 unspecified atom stereocenters. The van der Waals surface area contributed by atoms with Crippen LogP contribution in [0.15, 0.2) is 12.3 Å². The van der Waals surface area contributed by atoms with Crippen molar-refractivity contribution in [1.82, 2.24) is 9.80 Å². The van der Waals surface area contributed by atoms with Crippen molar-refractivity contribution >= 4 is 0 Å². The normalized spacial score (nSPS) is 24.8. The van der Waals surface area contributed by atoms with Crippen LogP contribution in [0.5, 0.6) is 0 Å². The maximum absolute atomic E-state index is 4.40. The smallest absolute Gasteiger partial charge is 0.0177 e. The zero-order valence-electron chi connectivity index (χ0n) is 12.5. The first-order chi connectivity index (χ1) is 8.58. The molecule has 0 bridgehead atoms. The van der Waals surface area contributed by atoms with Crippen LogP contribution in [0, 0.1) is 11.8 Å². The molecular formula is C16H30N2. The summed E-state index contributed by atoms with van der Waals surface area (Å²) in [4.78, 5) is 5.16. The Labute approximate surface area is 113 Å². The minimum absolute atomic E-state index is 0.704. The molecule has 0 radical (unpaired) electrons. The molecule has 0 aliphatic carbocycles. The Hall–Kier alpha value is -0.500. The second-order valence-electron chi connectivity index (χ2n) is 6.56. The van der Waals surface area contributed by atoms with Gasteiger partial charge >= 0.3 is 0 Å². The Kier molecular flexibility index (Phi) is 4.71. The van der Waals surface area contributed by atoms with Gasteiger partial charge in [-0.1, -0.05) is 13.5 Å². The van der Waals surface area contributed by atoms with Gasteiger partial charge in [-0.2, -0.15) is 0 Å². The van der Waals surface area contributed by atoms with Crippen molar-refractivity contribution in [1.29, 1.82) is 0 Å². The zero-order chi connectivity index (χ0) is 13.1. The average Bonchev–Trinajstić information content (AvgIpc) is 2.39. The zero-order valence-corrected chi connectivity index (χ0v) is 12.5. The van der Waals surface area contributed by atoms with Gasteiger partial charge in [0.05, 0.1) is 0 Å². The number of likely N-dealkylation sites (tertiary alicyclic amines) is 2. The fourth-order valence-electron chi connectivity index (χ4n) is 3.30. The summed E-state index contributed by atoms with van der Waals surface area (Å²) >= 11 is 0. The third kappa shape index (κ3) is 3.28. The molecule has 2 aliphatic rings. The molecular weight excluding hydrogens is 220 g/mol. The lowest BCUT2D eigenvalue weighted by molar-refractivity contribution is 0.137. The number of allylic oxidation sites excluding steroid dienone is 1. The second-order valence-corrected chi connectivity index (χ2v) is 6.56. The molecule has 2 heterocycles. The van der Waals surface area contributed by atoms with E-state index in [0.717, 1.165) is 11.8 Å². The van der Waals surface area contributed by atoms with Crippen molar-refractivity contribution in [3.05, 3.63) is 12.3 Å². The first-order valence-electron chi connectivity index (χ1n) is 7.75. The van der Waals surface area contributed by atoms with Gasteiger partial charge in [0.2, 0.25) is 0 Å². The van der Waals surface area contributed by atoms with Gasteiger partial charge in [0.25, 0.3) is 0 Å². The van der Waals surface area contributed by atoms with E-state index in [1.54, 1.807) is 0 Å². The van der Waals surface area contributed by atoms with E-state index in [1.165, 1.54) is 57.6 Å². The summed E-state index contributed by atoms with van der Waals surface area (Å²) in [5.41, 5.74) is 1.44. The van der Waals surface area contributed by atoms with Crippen LogP contribution >= 0.6 is 0 Å². The van der Waals surface area contributed by atoms with E-state index in [4.69, 9.17) is 0 Å². The van der Waals surface area contributed by atoms with Crippen molar-refractivity contribution in [3.63, 3.8) is 0 Å². The topological polar surface area (TPSA) is 6.48 Å². The van der Waals surface area contributed by atoms with E-state index in [0.29, 0.717) is 6.04 Å². The number of hydrogen-bond acceptors (Lipinski definition) is 2. The van der Waals surface area contributed by atoms with Crippen LogP contribution in [0.3, 0.4) is 0 Å². The van der Waals surface area contributed by atoms with Gasteiger partial charge in [0, 0.05) is 30.7 Å². The van der Waals surface area contributed by atoms with Crippen molar-refractivity contribution in [2.24, 2.45) is 11.8 Å². The van der Waals surface area contributed by atoms with Crippen LogP contribution in [0.4, 0.5) is 0 Å². The summed E-state index contributed by atoms with van der Waals surface area (Å²) in [5, 5.41) is 0. The van der Waals surface area contributed by atoms with Crippen LogP contribution in [0.25, 0.3) is 0 Å². The molecule has 2 heteroatoms. The molecule has 0 atom stereocenters. The molecule has 2 rings (SSSR count). The standard InChI is InChI=1S/C16H30N2/c1-13(2)17-11-7-16(8-12-17)15(4)18-9-5-14(3)6-10-18/h13-14,16H,4-12H2,1-3H3. The van der Waals surface area contributed by atoms with Gasteiger partial charge in [0.15, 0.2) is 0 Å². The van der Waals surface area contributed by atoms with Gasteiger partial charge in [0.1, 0.15) is 0 Å². The summed E-state index contributed by atoms with van der Waals surface area (Å²) < 4.78 is 0. The molecule has 18 heavy (non-hydrogen) atoms. The van der Waals surface area contributed by atoms with E-state index in [9.17, 15) is 0 Å². The molecule has 104 valence electrons. The van der Waals surface area contributed by atoms with Crippen molar-refractivity contribution < 1.29 is 0 Å². The lowest BCUT2D eigenvalue weighted by Crippen LogP contribution is -2.41.